The van der Waals surface area contributed by atoms with Gasteiger partial charge in [-0.15, -0.1) is 0 Å². The average molecular weight is 432 g/mol. The van der Waals surface area contributed by atoms with Crippen LogP contribution in [-0.4, -0.2) is 35.0 Å². The van der Waals surface area contributed by atoms with Gasteiger partial charge in [-0.2, -0.15) is 0 Å². The quantitative estimate of drug-likeness (QED) is 0.565. The second-order valence-electron chi connectivity index (χ2n) is 6.60. The monoisotopic (exact) mass is 431 g/mol. The van der Waals surface area contributed by atoms with Crippen LogP contribution in [0, 0.1) is 11.6 Å². The first-order chi connectivity index (χ1) is 14.4. The fourth-order valence-corrected chi connectivity index (χ4v) is 3.62. The number of carbonyl (C=O) groups is 1. The Morgan fingerprint density at radius 1 is 1.07 bits per heavy atom. The predicted molar refractivity (Wildman–Crippen MR) is 106 cm³/mol. The number of carbonyl (C=O) groups excluding carboxylic acids is 1. The molecule has 0 saturated heterocycles. The zero-order chi connectivity index (χ0) is 21.4. The van der Waals surface area contributed by atoms with Gasteiger partial charge >= 0.3 is 0 Å². The van der Waals surface area contributed by atoms with Gasteiger partial charge in [-0.1, -0.05) is 17.7 Å². The highest BCUT2D eigenvalue weighted by Crippen LogP contribution is 2.33. The Morgan fingerprint density at radius 2 is 1.80 bits per heavy atom. The molecule has 1 aromatic heterocycles. The van der Waals surface area contributed by atoms with Crippen LogP contribution in [0.3, 0.4) is 0 Å². The number of nitrogens with zero attached hydrogens (tertiary/aromatic N) is 3. The molecular formula is C21H16ClF2N3O3. The number of benzene rings is 2. The van der Waals surface area contributed by atoms with Gasteiger partial charge in [0.1, 0.15) is 33.9 Å². The van der Waals surface area contributed by atoms with Crippen molar-refractivity contribution < 1.29 is 23.0 Å². The van der Waals surface area contributed by atoms with Crippen LogP contribution >= 0.6 is 11.6 Å². The first-order valence-electron chi connectivity index (χ1n) is 8.94. The number of rotatable bonds is 5. The third-order valence-electron chi connectivity index (χ3n) is 4.82. The van der Waals surface area contributed by atoms with E-state index in [1.54, 1.807) is 25.3 Å². The van der Waals surface area contributed by atoms with Crippen molar-refractivity contribution in [2.45, 2.75) is 13.1 Å². The van der Waals surface area contributed by atoms with Crippen molar-refractivity contribution in [2.75, 3.05) is 14.2 Å². The van der Waals surface area contributed by atoms with Gasteiger partial charge in [0, 0.05) is 11.6 Å². The number of fused-ring (bicyclic) bond motifs is 1. The van der Waals surface area contributed by atoms with Gasteiger partial charge in [0.25, 0.3) is 5.91 Å². The Labute approximate surface area is 176 Å². The Hall–Kier alpha value is -3.26. The van der Waals surface area contributed by atoms with E-state index in [2.05, 4.69) is 9.97 Å². The number of hydrogen-bond donors (Lipinski definition) is 0. The highest BCUT2D eigenvalue weighted by atomic mass is 35.5. The lowest BCUT2D eigenvalue weighted by Gasteiger charge is -2.18. The van der Waals surface area contributed by atoms with E-state index < -0.39 is 11.6 Å². The average Bonchev–Trinajstić information content (AvgIpc) is 3.04. The van der Waals surface area contributed by atoms with Crippen molar-refractivity contribution in [3.63, 3.8) is 0 Å². The van der Waals surface area contributed by atoms with E-state index in [1.807, 2.05) is 0 Å². The molecule has 0 unspecified atom stereocenters. The van der Waals surface area contributed by atoms with Gasteiger partial charge in [-0.3, -0.25) is 4.79 Å². The van der Waals surface area contributed by atoms with E-state index in [4.69, 9.17) is 21.1 Å². The smallest absolute Gasteiger partial charge is 0.259 e. The molecule has 1 aliphatic heterocycles. The molecule has 4 rings (SSSR count). The summed E-state index contributed by atoms with van der Waals surface area (Å²) in [7, 11) is 3.07. The van der Waals surface area contributed by atoms with E-state index >= 15 is 0 Å². The first-order valence-corrected chi connectivity index (χ1v) is 9.31. The lowest BCUT2D eigenvalue weighted by Crippen LogP contribution is -2.23. The molecule has 3 aromatic rings. The van der Waals surface area contributed by atoms with Crippen molar-refractivity contribution in [3.05, 3.63) is 70.0 Å². The molecule has 6 nitrogen and oxygen atoms in total. The lowest BCUT2D eigenvalue weighted by molar-refractivity contribution is 0.0765. The van der Waals surface area contributed by atoms with Crippen LogP contribution in [-0.2, 0) is 13.1 Å². The second kappa shape index (κ2) is 7.87. The van der Waals surface area contributed by atoms with Crippen LogP contribution < -0.4 is 9.47 Å². The Kier molecular flexibility index (Phi) is 5.26. The molecule has 0 saturated carbocycles. The minimum absolute atomic E-state index is 0.120. The van der Waals surface area contributed by atoms with E-state index in [0.717, 1.165) is 17.7 Å². The van der Waals surface area contributed by atoms with Gasteiger partial charge in [-0.25, -0.2) is 18.7 Å². The van der Waals surface area contributed by atoms with Crippen molar-refractivity contribution >= 4 is 17.5 Å². The highest BCUT2D eigenvalue weighted by molar-refractivity contribution is 6.33. The molecule has 154 valence electrons. The zero-order valence-electron chi connectivity index (χ0n) is 16.1. The molecule has 9 heteroatoms. The van der Waals surface area contributed by atoms with Gasteiger partial charge in [0.2, 0.25) is 0 Å². The Balaban J connectivity index is 1.68. The van der Waals surface area contributed by atoms with Crippen LogP contribution in [0.5, 0.6) is 11.5 Å². The molecular weight excluding hydrogens is 416 g/mol. The normalized spacial score (nSPS) is 12.8. The summed E-state index contributed by atoms with van der Waals surface area (Å²) in [6.45, 7) is 0.344. The molecule has 0 atom stereocenters. The number of hydrogen-bond acceptors (Lipinski definition) is 5. The number of ether oxygens (including phenoxy) is 2. The van der Waals surface area contributed by atoms with E-state index in [-0.39, 0.29) is 41.1 Å². The van der Waals surface area contributed by atoms with E-state index in [0.29, 0.717) is 17.2 Å². The van der Waals surface area contributed by atoms with Crippen LogP contribution in [0.2, 0.25) is 5.15 Å². The minimum Gasteiger partial charge on any atom is -0.497 e. The molecule has 0 aliphatic carbocycles. The zero-order valence-corrected chi connectivity index (χ0v) is 16.8. The molecule has 1 aliphatic rings. The Bertz CT molecular complexity index is 1140. The summed E-state index contributed by atoms with van der Waals surface area (Å²) in [4.78, 5) is 22.6. The maximum atomic E-state index is 14.1. The summed E-state index contributed by atoms with van der Waals surface area (Å²) in [5, 5.41) is -0.146. The SMILES string of the molecule is COc1ccc(CN2Cc3nc(-c4c(F)cccc4F)nc(Cl)c3C2=O)c(OC)c1. The summed E-state index contributed by atoms with van der Waals surface area (Å²) >= 11 is 6.21. The molecule has 0 spiro atoms. The number of amides is 1. The van der Waals surface area contributed by atoms with Gasteiger partial charge in [0.05, 0.1) is 38.6 Å². The minimum atomic E-state index is -0.810. The maximum Gasteiger partial charge on any atom is 0.259 e. The molecule has 0 bridgehead atoms. The fourth-order valence-electron chi connectivity index (χ4n) is 3.35. The largest absolute Gasteiger partial charge is 0.497 e. The second-order valence-corrected chi connectivity index (χ2v) is 6.95. The van der Waals surface area contributed by atoms with E-state index in [1.165, 1.54) is 18.1 Å². The first kappa shape index (κ1) is 20.0. The molecule has 30 heavy (non-hydrogen) atoms. The molecule has 0 fully saturated rings. The fraction of sp³-hybridized carbons (Fsp3) is 0.190. The Morgan fingerprint density at radius 3 is 2.47 bits per heavy atom. The molecule has 2 aromatic carbocycles. The summed E-state index contributed by atoms with van der Waals surface area (Å²) in [5.74, 6) is -1.01. The summed E-state index contributed by atoms with van der Waals surface area (Å²) in [5.41, 5.74) is 0.809. The third kappa shape index (κ3) is 3.43. The summed E-state index contributed by atoms with van der Waals surface area (Å²) < 4.78 is 38.9. The standard InChI is InChI=1S/C21H16ClF2N3O3/c1-29-12-7-6-11(16(8-12)30-2)9-27-10-15-18(21(27)28)19(22)26-20(25-15)17-13(23)4-3-5-14(17)24/h3-8H,9-10H2,1-2H3. The van der Waals surface area contributed by atoms with Crippen LogP contribution in [0.15, 0.2) is 36.4 Å². The van der Waals surface area contributed by atoms with Crippen LogP contribution in [0.1, 0.15) is 21.6 Å². The van der Waals surface area contributed by atoms with Crippen molar-refractivity contribution in [1.82, 2.24) is 14.9 Å². The van der Waals surface area contributed by atoms with Crippen molar-refractivity contribution in [3.8, 4) is 22.9 Å². The maximum absolute atomic E-state index is 14.1. The predicted octanol–water partition coefficient (Wildman–Crippen LogP) is 4.25. The van der Waals surface area contributed by atoms with Crippen LogP contribution in [0.4, 0.5) is 8.78 Å². The van der Waals surface area contributed by atoms with Gasteiger partial charge in [0.15, 0.2) is 5.82 Å². The number of methoxy groups -OCH3 is 2. The summed E-state index contributed by atoms with van der Waals surface area (Å²) in [6, 6.07) is 8.73. The third-order valence-corrected chi connectivity index (χ3v) is 5.10. The van der Waals surface area contributed by atoms with Crippen LogP contribution in [0.25, 0.3) is 11.4 Å². The molecule has 1 amide bonds. The molecule has 0 N–H and O–H groups in total. The number of halogens is 3. The highest BCUT2D eigenvalue weighted by Gasteiger charge is 2.33. The summed E-state index contributed by atoms with van der Waals surface area (Å²) in [6.07, 6.45) is 0. The lowest BCUT2D eigenvalue weighted by atomic mass is 10.1. The molecule has 2 heterocycles. The van der Waals surface area contributed by atoms with Gasteiger partial charge in [-0.05, 0) is 24.3 Å². The van der Waals surface area contributed by atoms with Gasteiger partial charge < -0.3 is 14.4 Å². The van der Waals surface area contributed by atoms with E-state index in [9.17, 15) is 13.6 Å². The molecule has 0 radical (unpaired) electrons. The number of aromatic nitrogens is 2. The topological polar surface area (TPSA) is 64.5 Å². The van der Waals surface area contributed by atoms with Crippen molar-refractivity contribution in [1.29, 1.82) is 0 Å². The van der Waals surface area contributed by atoms with Crippen molar-refractivity contribution in [2.24, 2.45) is 0 Å².